The minimum Gasteiger partial charge on any atom is -0.462 e. The fraction of sp³-hybridized carbons (Fsp3) is 0.603. The first-order valence-electron chi connectivity index (χ1n) is 32.0. The number of allylic oxidation sites excluding steroid dienone is 26. The van der Waals surface area contributed by atoms with Gasteiger partial charge in [0.05, 0.1) is 0 Å². The summed E-state index contributed by atoms with van der Waals surface area (Å²) in [7, 11) is 0. The van der Waals surface area contributed by atoms with Crippen molar-refractivity contribution in [1.29, 1.82) is 0 Å². The second kappa shape index (κ2) is 65.5. The summed E-state index contributed by atoms with van der Waals surface area (Å²) in [5.41, 5.74) is 0. The summed E-state index contributed by atoms with van der Waals surface area (Å²) < 4.78 is 16.9. The molecule has 0 aliphatic carbocycles. The molecule has 0 aromatic heterocycles. The van der Waals surface area contributed by atoms with E-state index in [-0.39, 0.29) is 44.0 Å². The van der Waals surface area contributed by atoms with Crippen LogP contribution in [0.3, 0.4) is 0 Å². The van der Waals surface area contributed by atoms with E-state index in [0.29, 0.717) is 19.3 Å². The summed E-state index contributed by atoms with van der Waals surface area (Å²) in [5, 5.41) is 0. The Bertz CT molecular complexity index is 1780. The van der Waals surface area contributed by atoms with E-state index >= 15 is 0 Å². The van der Waals surface area contributed by atoms with E-state index in [1.165, 1.54) is 89.9 Å². The number of carbonyl (C=O) groups excluding carboxylic acids is 3. The number of unbranched alkanes of at least 4 members (excludes halogenated alkanes) is 19. The highest BCUT2D eigenvalue weighted by molar-refractivity contribution is 5.71. The van der Waals surface area contributed by atoms with Crippen molar-refractivity contribution in [3.05, 3.63) is 158 Å². The van der Waals surface area contributed by atoms with Crippen molar-refractivity contribution in [3.63, 3.8) is 0 Å². The minimum absolute atomic E-state index is 0.117. The van der Waals surface area contributed by atoms with Crippen LogP contribution >= 0.6 is 0 Å². The SMILES string of the molecule is CC/C=C\C/C=C\C/C=C\C/C=C\C/C=C\C/C=C\CCCCC(=O)OCC(COC(=O)CCCCCCCCCCC/C=C\CCCCCCCC)OC(=O)CCCC/C=C\C/C=C\C/C=C\C/C=C\C/C=C\C/C=C\CC. The number of rotatable bonds is 56. The molecule has 1 unspecified atom stereocenters. The van der Waals surface area contributed by atoms with Crippen LogP contribution in [0.15, 0.2) is 158 Å². The lowest BCUT2D eigenvalue weighted by molar-refractivity contribution is -0.167. The van der Waals surface area contributed by atoms with Crippen molar-refractivity contribution < 1.29 is 28.6 Å². The fourth-order valence-corrected chi connectivity index (χ4v) is 8.27. The number of esters is 3. The molecule has 0 aromatic carbocycles. The molecule has 0 fully saturated rings. The Morgan fingerprint density at radius 3 is 0.810 bits per heavy atom. The van der Waals surface area contributed by atoms with Crippen molar-refractivity contribution >= 4 is 17.9 Å². The van der Waals surface area contributed by atoms with Crippen LogP contribution in [0.25, 0.3) is 0 Å². The molecular formula is C73H116O6. The van der Waals surface area contributed by atoms with Gasteiger partial charge in [-0.2, -0.15) is 0 Å². The van der Waals surface area contributed by atoms with Gasteiger partial charge < -0.3 is 14.2 Å². The molecule has 0 rings (SSSR count). The van der Waals surface area contributed by atoms with Gasteiger partial charge in [-0.25, -0.2) is 0 Å². The normalized spacial score (nSPS) is 13.2. The molecule has 79 heavy (non-hydrogen) atoms. The Morgan fingerprint density at radius 1 is 0.266 bits per heavy atom. The molecule has 444 valence electrons. The monoisotopic (exact) mass is 1090 g/mol. The predicted octanol–water partition coefficient (Wildman–Crippen LogP) is 22.1. The first kappa shape index (κ1) is 74.0. The van der Waals surface area contributed by atoms with Crippen LogP contribution in [0, 0.1) is 0 Å². The van der Waals surface area contributed by atoms with E-state index in [1.54, 1.807) is 0 Å². The third-order valence-corrected chi connectivity index (χ3v) is 13.0. The molecule has 0 saturated carbocycles. The molecule has 0 saturated heterocycles. The average molecular weight is 1090 g/mol. The molecular weight excluding hydrogens is 973 g/mol. The van der Waals surface area contributed by atoms with E-state index in [0.717, 1.165) is 122 Å². The number of ether oxygens (including phenoxy) is 3. The molecule has 0 aliphatic heterocycles. The molecule has 0 spiro atoms. The average Bonchev–Trinajstić information content (AvgIpc) is 3.45. The van der Waals surface area contributed by atoms with Gasteiger partial charge in [-0.1, -0.05) is 256 Å². The third-order valence-electron chi connectivity index (χ3n) is 13.0. The highest BCUT2D eigenvalue weighted by atomic mass is 16.6. The zero-order valence-corrected chi connectivity index (χ0v) is 50.8. The molecule has 6 heteroatoms. The quantitative estimate of drug-likeness (QED) is 0.0261. The van der Waals surface area contributed by atoms with Crippen LogP contribution in [-0.4, -0.2) is 37.2 Å². The zero-order chi connectivity index (χ0) is 57.1. The van der Waals surface area contributed by atoms with Crippen LogP contribution < -0.4 is 0 Å². The molecule has 0 amide bonds. The molecule has 0 radical (unpaired) electrons. The molecule has 6 nitrogen and oxygen atoms in total. The predicted molar refractivity (Wildman–Crippen MR) is 343 cm³/mol. The van der Waals surface area contributed by atoms with Crippen molar-refractivity contribution in [2.75, 3.05) is 13.2 Å². The Hall–Kier alpha value is -4.97. The van der Waals surface area contributed by atoms with Gasteiger partial charge in [-0.05, 0) is 148 Å². The molecule has 0 aromatic rings. The lowest BCUT2D eigenvalue weighted by Crippen LogP contribution is -2.30. The van der Waals surface area contributed by atoms with E-state index in [9.17, 15) is 14.4 Å². The number of hydrogen-bond donors (Lipinski definition) is 0. The largest absolute Gasteiger partial charge is 0.462 e. The van der Waals surface area contributed by atoms with E-state index in [2.05, 4.69) is 179 Å². The summed E-state index contributed by atoms with van der Waals surface area (Å²) in [6, 6.07) is 0. The van der Waals surface area contributed by atoms with E-state index < -0.39 is 6.10 Å². The molecule has 0 heterocycles. The molecule has 0 N–H and O–H groups in total. The summed E-state index contributed by atoms with van der Waals surface area (Å²) in [4.78, 5) is 38.3. The Kier molecular flexibility index (Phi) is 61.4. The van der Waals surface area contributed by atoms with Gasteiger partial charge in [0.2, 0.25) is 0 Å². The van der Waals surface area contributed by atoms with E-state index in [4.69, 9.17) is 14.2 Å². The lowest BCUT2D eigenvalue weighted by atomic mass is 10.1. The van der Waals surface area contributed by atoms with Crippen molar-refractivity contribution in [3.8, 4) is 0 Å². The maximum absolute atomic E-state index is 12.9. The smallest absolute Gasteiger partial charge is 0.306 e. The first-order chi connectivity index (χ1) is 39.0. The Labute approximate surface area is 486 Å². The summed E-state index contributed by atoms with van der Waals surface area (Å²) >= 11 is 0. The van der Waals surface area contributed by atoms with Gasteiger partial charge in [0.15, 0.2) is 6.10 Å². The summed E-state index contributed by atoms with van der Waals surface area (Å²) in [5.74, 6) is -1.01. The first-order valence-corrected chi connectivity index (χ1v) is 32.0. The fourth-order valence-electron chi connectivity index (χ4n) is 8.27. The minimum atomic E-state index is -0.830. The second-order valence-corrected chi connectivity index (χ2v) is 20.5. The van der Waals surface area contributed by atoms with Gasteiger partial charge in [0, 0.05) is 19.3 Å². The molecule has 0 aliphatic rings. The maximum atomic E-state index is 12.9. The van der Waals surface area contributed by atoms with Gasteiger partial charge >= 0.3 is 17.9 Å². The second-order valence-electron chi connectivity index (χ2n) is 20.5. The van der Waals surface area contributed by atoms with Crippen molar-refractivity contribution in [1.82, 2.24) is 0 Å². The van der Waals surface area contributed by atoms with Crippen molar-refractivity contribution in [2.24, 2.45) is 0 Å². The van der Waals surface area contributed by atoms with E-state index in [1.807, 2.05) is 0 Å². The zero-order valence-electron chi connectivity index (χ0n) is 50.8. The summed E-state index contributed by atoms with van der Waals surface area (Å²) in [6.07, 6.45) is 95.3. The Balaban J connectivity index is 4.58. The van der Waals surface area contributed by atoms with Gasteiger partial charge in [-0.15, -0.1) is 0 Å². The summed E-state index contributed by atoms with van der Waals surface area (Å²) in [6.45, 7) is 6.34. The Morgan fingerprint density at radius 2 is 0.494 bits per heavy atom. The standard InChI is InChI=1S/C73H116O6/c1-4-7-10-13-16-19-22-25-28-31-34-36-39-42-45-48-51-54-57-60-63-66-72(75)78-69-70(68-77-71(74)65-62-59-56-53-50-47-44-41-38-33-30-27-24-21-18-15-12-9-6-3)79-73(76)67-64-61-58-55-52-49-46-43-40-37-35-32-29-26-23-20-17-14-11-8-5-2/h7-8,10-11,16-17,19-20,25-30,34-37,42-43,45-46,51-52,54-55,70H,4-6,9,12-15,18,21-24,31-33,38-41,44,47-50,53,56-69H2,1-3H3/b10-7-,11-8-,19-16-,20-17-,28-25-,29-26-,30-27-,36-34-,37-35-,45-42-,46-43-,54-51-,55-52-. The highest BCUT2D eigenvalue weighted by Crippen LogP contribution is 2.14. The van der Waals surface area contributed by atoms with Crippen LogP contribution in [0.2, 0.25) is 0 Å². The van der Waals surface area contributed by atoms with Crippen LogP contribution in [0.5, 0.6) is 0 Å². The molecule has 0 bridgehead atoms. The molecule has 1 atom stereocenters. The number of hydrogen-bond acceptors (Lipinski definition) is 6. The third kappa shape index (κ3) is 63.7. The van der Waals surface area contributed by atoms with Crippen molar-refractivity contribution in [2.45, 2.75) is 271 Å². The maximum Gasteiger partial charge on any atom is 0.306 e. The van der Waals surface area contributed by atoms with Gasteiger partial charge in [0.1, 0.15) is 13.2 Å². The lowest BCUT2D eigenvalue weighted by Gasteiger charge is -2.18. The number of carbonyl (C=O) groups is 3. The van der Waals surface area contributed by atoms with Gasteiger partial charge in [-0.3, -0.25) is 14.4 Å². The van der Waals surface area contributed by atoms with Crippen LogP contribution in [0.4, 0.5) is 0 Å². The highest BCUT2D eigenvalue weighted by Gasteiger charge is 2.19. The topological polar surface area (TPSA) is 78.9 Å². The van der Waals surface area contributed by atoms with Crippen LogP contribution in [0.1, 0.15) is 265 Å². The van der Waals surface area contributed by atoms with Gasteiger partial charge in [0.25, 0.3) is 0 Å². The van der Waals surface area contributed by atoms with Crippen LogP contribution in [-0.2, 0) is 28.6 Å².